The molecule has 1 N–H and O–H groups in total. The highest BCUT2D eigenvalue weighted by atomic mass is 16.1. The number of amides is 1. The van der Waals surface area contributed by atoms with Crippen LogP contribution in [0.4, 0.5) is 0 Å². The summed E-state index contributed by atoms with van der Waals surface area (Å²) in [6, 6.07) is 15.4. The number of rotatable bonds is 6. The van der Waals surface area contributed by atoms with Crippen LogP contribution in [0.25, 0.3) is 22.3 Å². The highest BCUT2D eigenvalue weighted by Gasteiger charge is 2.16. The first-order chi connectivity index (χ1) is 14.2. The molecule has 2 aromatic heterocycles. The number of aromatic nitrogens is 2. The van der Waals surface area contributed by atoms with Gasteiger partial charge in [-0.25, -0.2) is 4.98 Å². The summed E-state index contributed by atoms with van der Waals surface area (Å²) in [6.07, 6.45) is 5.33. The number of nitrogens with zero attached hydrogens (tertiary/aromatic N) is 3. The molecule has 5 nitrogen and oxygen atoms in total. The van der Waals surface area contributed by atoms with Crippen molar-refractivity contribution in [2.24, 2.45) is 5.92 Å². The Kier molecular flexibility index (Phi) is 6.15. The first kappa shape index (κ1) is 19.5. The van der Waals surface area contributed by atoms with Crippen molar-refractivity contribution < 1.29 is 4.79 Å². The molecule has 5 heteroatoms. The van der Waals surface area contributed by atoms with Gasteiger partial charge in [0.05, 0.1) is 22.5 Å². The molecule has 0 radical (unpaired) electrons. The predicted molar refractivity (Wildman–Crippen MR) is 117 cm³/mol. The van der Waals surface area contributed by atoms with Gasteiger partial charge in [-0.05, 0) is 62.5 Å². The standard InChI is InChI=1S/C24H28N4O/c1-18-8-6-14-28(17-18)15-7-13-26-24(29)20-16-23(22-11-4-5-12-25-22)27-21-10-3-2-9-19(20)21/h2-5,9-12,16,18H,6-8,13-15,17H2,1H3,(H,26,29)/t18-/m0/s1. The number of nitrogens with one attached hydrogen (secondary N) is 1. The van der Waals surface area contributed by atoms with Crippen molar-refractivity contribution in [1.29, 1.82) is 0 Å². The third kappa shape index (κ3) is 4.80. The second kappa shape index (κ2) is 9.14. The molecule has 0 spiro atoms. The van der Waals surface area contributed by atoms with Gasteiger partial charge in [0, 0.05) is 24.7 Å². The molecule has 3 aromatic rings. The van der Waals surface area contributed by atoms with Gasteiger partial charge < -0.3 is 10.2 Å². The summed E-state index contributed by atoms with van der Waals surface area (Å²) in [6.45, 7) is 6.40. The first-order valence-electron chi connectivity index (χ1n) is 10.5. The van der Waals surface area contributed by atoms with Crippen LogP contribution in [0.2, 0.25) is 0 Å². The Labute approximate surface area is 172 Å². The predicted octanol–water partition coefficient (Wildman–Crippen LogP) is 4.15. The quantitative estimate of drug-likeness (QED) is 0.645. The molecule has 3 heterocycles. The summed E-state index contributed by atoms with van der Waals surface area (Å²) >= 11 is 0. The summed E-state index contributed by atoms with van der Waals surface area (Å²) in [7, 11) is 0. The third-order valence-electron chi connectivity index (χ3n) is 5.57. The van der Waals surface area contributed by atoms with Crippen molar-refractivity contribution in [1.82, 2.24) is 20.2 Å². The molecule has 1 fully saturated rings. The van der Waals surface area contributed by atoms with E-state index in [9.17, 15) is 4.79 Å². The highest BCUT2D eigenvalue weighted by Crippen LogP contribution is 2.23. The number of likely N-dealkylation sites (tertiary alicyclic amines) is 1. The van der Waals surface area contributed by atoms with E-state index in [1.54, 1.807) is 6.20 Å². The van der Waals surface area contributed by atoms with Gasteiger partial charge in [-0.15, -0.1) is 0 Å². The summed E-state index contributed by atoms with van der Waals surface area (Å²) in [5, 5.41) is 3.98. The molecule has 1 atom stereocenters. The smallest absolute Gasteiger partial charge is 0.252 e. The lowest BCUT2D eigenvalue weighted by Crippen LogP contribution is -2.36. The number of pyridine rings is 2. The minimum atomic E-state index is -0.0483. The third-order valence-corrected chi connectivity index (χ3v) is 5.57. The minimum absolute atomic E-state index is 0.0483. The Morgan fingerprint density at radius 1 is 1.17 bits per heavy atom. The molecule has 0 aliphatic carbocycles. The summed E-state index contributed by atoms with van der Waals surface area (Å²) < 4.78 is 0. The second-order valence-corrected chi connectivity index (χ2v) is 7.94. The summed E-state index contributed by atoms with van der Waals surface area (Å²) in [4.78, 5) is 24.6. The Bertz CT molecular complexity index is 973. The molecular formula is C24H28N4O. The number of carbonyl (C=O) groups excluding carboxylic acids is 1. The average molecular weight is 389 g/mol. The monoisotopic (exact) mass is 388 g/mol. The second-order valence-electron chi connectivity index (χ2n) is 7.94. The summed E-state index contributed by atoms with van der Waals surface area (Å²) in [5.74, 6) is 0.735. The van der Waals surface area contributed by atoms with Crippen LogP contribution < -0.4 is 5.32 Å². The first-order valence-corrected chi connectivity index (χ1v) is 10.5. The molecule has 1 aromatic carbocycles. The van der Waals surface area contributed by atoms with Crippen molar-refractivity contribution in [3.05, 3.63) is 60.3 Å². The normalized spacial score (nSPS) is 17.3. The van der Waals surface area contributed by atoms with E-state index in [1.807, 2.05) is 48.5 Å². The molecule has 4 rings (SSSR count). The van der Waals surface area contributed by atoms with E-state index in [2.05, 4.69) is 22.1 Å². The van der Waals surface area contributed by atoms with Crippen LogP contribution >= 0.6 is 0 Å². The molecular weight excluding hydrogens is 360 g/mol. The van der Waals surface area contributed by atoms with E-state index in [4.69, 9.17) is 4.98 Å². The van der Waals surface area contributed by atoms with E-state index in [-0.39, 0.29) is 5.91 Å². The maximum atomic E-state index is 13.0. The number of benzene rings is 1. The van der Waals surface area contributed by atoms with Crippen LogP contribution in [0.15, 0.2) is 54.7 Å². The number of hydrogen-bond donors (Lipinski definition) is 1. The average Bonchev–Trinajstić information content (AvgIpc) is 2.76. The van der Waals surface area contributed by atoms with Crippen LogP contribution in [-0.2, 0) is 0 Å². The fourth-order valence-corrected chi connectivity index (χ4v) is 4.10. The Hall–Kier alpha value is -2.79. The molecule has 1 aliphatic rings. The Morgan fingerprint density at radius 3 is 2.86 bits per heavy atom. The van der Waals surface area contributed by atoms with Gasteiger partial charge in [-0.3, -0.25) is 9.78 Å². The van der Waals surface area contributed by atoms with E-state index in [0.29, 0.717) is 12.1 Å². The fourth-order valence-electron chi connectivity index (χ4n) is 4.10. The number of para-hydroxylation sites is 1. The zero-order valence-corrected chi connectivity index (χ0v) is 17.0. The van der Waals surface area contributed by atoms with Gasteiger partial charge in [0.1, 0.15) is 0 Å². The Morgan fingerprint density at radius 2 is 2.03 bits per heavy atom. The zero-order chi connectivity index (χ0) is 20.1. The van der Waals surface area contributed by atoms with E-state index < -0.39 is 0 Å². The maximum absolute atomic E-state index is 13.0. The number of piperidine rings is 1. The molecule has 1 amide bonds. The van der Waals surface area contributed by atoms with Crippen molar-refractivity contribution in [2.45, 2.75) is 26.2 Å². The molecule has 29 heavy (non-hydrogen) atoms. The van der Waals surface area contributed by atoms with Gasteiger partial charge in [-0.1, -0.05) is 31.2 Å². The SMILES string of the molecule is C[C@H]1CCCN(CCCNC(=O)c2cc(-c3ccccn3)nc3ccccc23)C1. The highest BCUT2D eigenvalue weighted by molar-refractivity contribution is 6.07. The van der Waals surface area contributed by atoms with E-state index in [0.717, 1.165) is 41.2 Å². The van der Waals surface area contributed by atoms with Crippen LogP contribution in [0, 0.1) is 5.92 Å². The van der Waals surface area contributed by atoms with Gasteiger partial charge in [-0.2, -0.15) is 0 Å². The van der Waals surface area contributed by atoms with Crippen LogP contribution in [-0.4, -0.2) is 47.0 Å². The minimum Gasteiger partial charge on any atom is -0.352 e. The molecule has 0 bridgehead atoms. The molecule has 1 aliphatic heterocycles. The van der Waals surface area contributed by atoms with Crippen molar-refractivity contribution in [3.8, 4) is 11.4 Å². The van der Waals surface area contributed by atoms with Crippen LogP contribution in [0.1, 0.15) is 36.5 Å². The number of hydrogen-bond acceptors (Lipinski definition) is 4. The van der Waals surface area contributed by atoms with Gasteiger partial charge >= 0.3 is 0 Å². The molecule has 0 saturated carbocycles. The molecule has 150 valence electrons. The van der Waals surface area contributed by atoms with Crippen LogP contribution in [0.5, 0.6) is 0 Å². The van der Waals surface area contributed by atoms with Gasteiger partial charge in [0.25, 0.3) is 5.91 Å². The van der Waals surface area contributed by atoms with Crippen molar-refractivity contribution in [2.75, 3.05) is 26.2 Å². The lowest BCUT2D eigenvalue weighted by Gasteiger charge is -2.30. The maximum Gasteiger partial charge on any atom is 0.252 e. The molecule has 1 saturated heterocycles. The fraction of sp³-hybridized carbons (Fsp3) is 0.375. The van der Waals surface area contributed by atoms with Crippen LogP contribution in [0.3, 0.4) is 0 Å². The van der Waals surface area contributed by atoms with Crippen molar-refractivity contribution in [3.63, 3.8) is 0 Å². The van der Waals surface area contributed by atoms with Gasteiger partial charge in [0.2, 0.25) is 0 Å². The van der Waals surface area contributed by atoms with E-state index >= 15 is 0 Å². The van der Waals surface area contributed by atoms with Crippen molar-refractivity contribution >= 4 is 16.8 Å². The zero-order valence-electron chi connectivity index (χ0n) is 17.0. The topological polar surface area (TPSA) is 58.1 Å². The summed E-state index contributed by atoms with van der Waals surface area (Å²) in [5.41, 5.74) is 2.95. The number of fused-ring (bicyclic) bond motifs is 1. The lowest BCUT2D eigenvalue weighted by molar-refractivity contribution is 0.0951. The van der Waals surface area contributed by atoms with Gasteiger partial charge in [0.15, 0.2) is 0 Å². The lowest BCUT2D eigenvalue weighted by atomic mass is 10.0. The number of carbonyl (C=O) groups is 1. The Balaban J connectivity index is 1.46. The largest absolute Gasteiger partial charge is 0.352 e. The molecule has 0 unspecified atom stereocenters. The van der Waals surface area contributed by atoms with E-state index in [1.165, 1.54) is 25.9 Å².